The van der Waals surface area contributed by atoms with Crippen LogP contribution in [0.4, 0.5) is 11.4 Å². The SMILES string of the molecule is CC1CC1C(=O)Nc1ccc(C(=O)Nc2ccccc2SC2CCCC2)cc1. The zero-order valence-electron chi connectivity index (χ0n) is 16.1. The fourth-order valence-corrected chi connectivity index (χ4v) is 5.01. The standard InChI is InChI=1S/C23H26N2O2S/c1-15-14-19(15)23(27)24-17-12-10-16(11-13-17)22(26)25-20-8-4-5-9-21(20)28-18-6-2-3-7-18/h4-5,8-13,15,18-19H,2-3,6-7,14H2,1H3,(H,24,27)(H,25,26). The van der Waals surface area contributed by atoms with Gasteiger partial charge in [0.25, 0.3) is 5.91 Å². The van der Waals surface area contributed by atoms with Crippen LogP contribution in [0.1, 0.15) is 49.4 Å². The molecule has 2 fully saturated rings. The van der Waals surface area contributed by atoms with Crippen LogP contribution >= 0.6 is 11.8 Å². The van der Waals surface area contributed by atoms with E-state index < -0.39 is 0 Å². The normalized spacial score (nSPS) is 21.3. The Labute approximate surface area is 170 Å². The number of carbonyl (C=O) groups excluding carboxylic acids is 2. The second kappa shape index (κ2) is 8.39. The first-order chi connectivity index (χ1) is 13.6. The van der Waals surface area contributed by atoms with Gasteiger partial charge in [0.05, 0.1) is 5.69 Å². The summed E-state index contributed by atoms with van der Waals surface area (Å²) >= 11 is 1.87. The minimum absolute atomic E-state index is 0.0718. The Bertz CT molecular complexity index is 859. The topological polar surface area (TPSA) is 58.2 Å². The van der Waals surface area contributed by atoms with Gasteiger partial charge in [-0.15, -0.1) is 11.8 Å². The molecule has 4 nitrogen and oxygen atoms in total. The van der Waals surface area contributed by atoms with Crippen LogP contribution < -0.4 is 10.6 Å². The van der Waals surface area contributed by atoms with E-state index in [-0.39, 0.29) is 17.7 Å². The maximum Gasteiger partial charge on any atom is 0.255 e. The first-order valence-corrected chi connectivity index (χ1v) is 11.0. The molecule has 2 N–H and O–H groups in total. The van der Waals surface area contributed by atoms with Gasteiger partial charge in [-0.05, 0) is 61.6 Å². The Morgan fingerprint density at radius 3 is 2.32 bits per heavy atom. The lowest BCUT2D eigenvalue weighted by Crippen LogP contribution is -2.15. The minimum Gasteiger partial charge on any atom is -0.326 e. The highest BCUT2D eigenvalue weighted by Crippen LogP contribution is 2.39. The van der Waals surface area contributed by atoms with E-state index in [2.05, 4.69) is 23.6 Å². The number of hydrogen-bond acceptors (Lipinski definition) is 3. The van der Waals surface area contributed by atoms with Crippen molar-refractivity contribution in [2.45, 2.75) is 49.2 Å². The van der Waals surface area contributed by atoms with Crippen LogP contribution in [0.5, 0.6) is 0 Å². The van der Waals surface area contributed by atoms with Gasteiger partial charge in [0.15, 0.2) is 0 Å². The van der Waals surface area contributed by atoms with Crippen molar-refractivity contribution in [2.24, 2.45) is 11.8 Å². The molecule has 2 atom stereocenters. The number of carbonyl (C=O) groups is 2. The molecule has 0 bridgehead atoms. The van der Waals surface area contributed by atoms with Crippen molar-refractivity contribution in [3.8, 4) is 0 Å². The molecule has 2 aromatic rings. The monoisotopic (exact) mass is 394 g/mol. The number of benzene rings is 2. The fourth-order valence-electron chi connectivity index (χ4n) is 3.68. The fraction of sp³-hybridized carbons (Fsp3) is 0.391. The van der Waals surface area contributed by atoms with Crippen LogP contribution in [-0.2, 0) is 4.79 Å². The number of para-hydroxylation sites is 1. The quantitative estimate of drug-likeness (QED) is 0.673. The second-order valence-electron chi connectivity index (χ2n) is 7.86. The van der Waals surface area contributed by atoms with Gasteiger partial charge in [0.2, 0.25) is 5.91 Å². The Kier molecular flexibility index (Phi) is 5.72. The average Bonchev–Trinajstić information content (AvgIpc) is 3.21. The van der Waals surface area contributed by atoms with E-state index >= 15 is 0 Å². The zero-order valence-corrected chi connectivity index (χ0v) is 16.9. The van der Waals surface area contributed by atoms with Crippen LogP contribution in [0.3, 0.4) is 0 Å². The molecule has 146 valence electrons. The summed E-state index contributed by atoms with van der Waals surface area (Å²) in [5, 5.41) is 6.62. The maximum atomic E-state index is 12.7. The molecule has 0 aromatic heterocycles. The molecule has 2 unspecified atom stereocenters. The molecule has 0 saturated heterocycles. The van der Waals surface area contributed by atoms with E-state index in [1.807, 2.05) is 30.0 Å². The number of amides is 2. The van der Waals surface area contributed by atoms with E-state index in [1.54, 1.807) is 24.3 Å². The third-order valence-corrected chi connectivity index (χ3v) is 7.01. The molecular weight excluding hydrogens is 368 g/mol. The molecule has 0 radical (unpaired) electrons. The smallest absolute Gasteiger partial charge is 0.255 e. The van der Waals surface area contributed by atoms with E-state index in [9.17, 15) is 9.59 Å². The molecular formula is C23H26N2O2S. The first kappa shape index (κ1) is 19.1. The Hall–Kier alpha value is -2.27. The van der Waals surface area contributed by atoms with Crippen molar-refractivity contribution in [1.82, 2.24) is 0 Å². The highest BCUT2D eigenvalue weighted by Gasteiger charge is 2.39. The molecule has 2 aliphatic rings. The molecule has 28 heavy (non-hydrogen) atoms. The van der Waals surface area contributed by atoms with Crippen molar-refractivity contribution in [3.05, 3.63) is 54.1 Å². The number of nitrogens with one attached hydrogen (secondary N) is 2. The summed E-state index contributed by atoms with van der Waals surface area (Å²) < 4.78 is 0. The highest BCUT2D eigenvalue weighted by molar-refractivity contribution is 8.00. The Morgan fingerprint density at radius 1 is 0.964 bits per heavy atom. The van der Waals surface area contributed by atoms with Crippen molar-refractivity contribution >= 4 is 35.0 Å². The predicted octanol–water partition coefficient (Wildman–Crippen LogP) is 5.57. The molecule has 0 spiro atoms. The van der Waals surface area contributed by atoms with Gasteiger partial charge in [-0.1, -0.05) is 31.9 Å². The van der Waals surface area contributed by atoms with E-state index in [1.165, 1.54) is 25.7 Å². The molecule has 2 amide bonds. The van der Waals surface area contributed by atoms with E-state index in [4.69, 9.17) is 0 Å². The van der Waals surface area contributed by atoms with Crippen molar-refractivity contribution in [3.63, 3.8) is 0 Å². The summed E-state index contributed by atoms with van der Waals surface area (Å²) in [6, 6.07) is 15.1. The number of rotatable bonds is 6. The summed E-state index contributed by atoms with van der Waals surface area (Å²) in [7, 11) is 0. The first-order valence-electron chi connectivity index (χ1n) is 10.1. The van der Waals surface area contributed by atoms with Crippen LogP contribution in [0, 0.1) is 11.8 Å². The molecule has 2 saturated carbocycles. The Balaban J connectivity index is 1.39. The molecule has 5 heteroatoms. The van der Waals surface area contributed by atoms with Crippen LogP contribution in [0.15, 0.2) is 53.4 Å². The number of anilines is 2. The predicted molar refractivity (Wildman–Crippen MR) is 115 cm³/mol. The van der Waals surface area contributed by atoms with Crippen molar-refractivity contribution < 1.29 is 9.59 Å². The highest BCUT2D eigenvalue weighted by atomic mass is 32.2. The van der Waals surface area contributed by atoms with Gasteiger partial charge >= 0.3 is 0 Å². The van der Waals surface area contributed by atoms with Crippen LogP contribution in [0.2, 0.25) is 0 Å². The summed E-state index contributed by atoms with van der Waals surface area (Å²) in [5.74, 6) is 0.555. The van der Waals surface area contributed by atoms with Gasteiger partial charge < -0.3 is 10.6 Å². The summed E-state index contributed by atoms with van der Waals surface area (Å²) in [6.45, 7) is 2.08. The van der Waals surface area contributed by atoms with Crippen molar-refractivity contribution in [1.29, 1.82) is 0 Å². The third kappa shape index (κ3) is 4.58. The largest absolute Gasteiger partial charge is 0.326 e. The molecule has 0 heterocycles. The molecule has 2 aliphatic carbocycles. The van der Waals surface area contributed by atoms with Gasteiger partial charge in [0.1, 0.15) is 0 Å². The van der Waals surface area contributed by atoms with Gasteiger partial charge in [-0.3, -0.25) is 9.59 Å². The van der Waals surface area contributed by atoms with E-state index in [0.717, 1.165) is 22.7 Å². The summed E-state index contributed by atoms with van der Waals surface area (Å²) in [4.78, 5) is 25.9. The zero-order chi connectivity index (χ0) is 19.5. The Morgan fingerprint density at radius 2 is 1.64 bits per heavy atom. The molecule has 4 rings (SSSR count). The summed E-state index contributed by atoms with van der Waals surface area (Å²) in [6.07, 6.45) is 6.06. The van der Waals surface area contributed by atoms with Gasteiger partial charge in [-0.2, -0.15) is 0 Å². The van der Waals surface area contributed by atoms with Crippen molar-refractivity contribution in [2.75, 3.05) is 10.6 Å². The molecule has 2 aromatic carbocycles. The average molecular weight is 395 g/mol. The third-order valence-electron chi connectivity index (χ3n) is 5.59. The minimum atomic E-state index is -0.131. The molecule has 0 aliphatic heterocycles. The second-order valence-corrected chi connectivity index (χ2v) is 9.20. The maximum absolute atomic E-state index is 12.7. The van der Waals surface area contributed by atoms with Gasteiger partial charge in [-0.25, -0.2) is 0 Å². The number of thioether (sulfide) groups is 1. The van der Waals surface area contributed by atoms with Gasteiger partial charge in [0, 0.05) is 27.3 Å². The lowest BCUT2D eigenvalue weighted by atomic mass is 10.2. The van der Waals surface area contributed by atoms with Crippen LogP contribution in [-0.4, -0.2) is 17.1 Å². The lowest BCUT2D eigenvalue weighted by molar-refractivity contribution is -0.117. The van der Waals surface area contributed by atoms with E-state index in [0.29, 0.717) is 16.7 Å². The lowest BCUT2D eigenvalue weighted by Gasteiger charge is -2.14. The number of hydrogen-bond donors (Lipinski definition) is 2. The van der Waals surface area contributed by atoms with Crippen LogP contribution in [0.25, 0.3) is 0 Å². The summed E-state index contributed by atoms with van der Waals surface area (Å²) in [5.41, 5.74) is 2.18.